The summed E-state index contributed by atoms with van der Waals surface area (Å²) in [6.07, 6.45) is 1.88. The summed E-state index contributed by atoms with van der Waals surface area (Å²) in [6.45, 7) is 4.98. The molecule has 0 saturated carbocycles. The lowest BCUT2D eigenvalue weighted by atomic mass is 9.77. The summed E-state index contributed by atoms with van der Waals surface area (Å²) in [5, 5.41) is 22.1. The summed E-state index contributed by atoms with van der Waals surface area (Å²) in [4.78, 5) is 13.2. The van der Waals surface area contributed by atoms with E-state index in [0.717, 1.165) is 66.7 Å². The van der Waals surface area contributed by atoms with E-state index in [1.165, 1.54) is 120 Å². The number of benzene rings is 15. The maximum absolute atomic E-state index is 5.71. The first-order chi connectivity index (χ1) is 42.9. The summed E-state index contributed by atoms with van der Waals surface area (Å²) in [5.41, 5.74) is 16.8. The van der Waals surface area contributed by atoms with Crippen molar-refractivity contribution in [2.75, 3.05) is 4.90 Å². The van der Waals surface area contributed by atoms with Gasteiger partial charge in [0, 0.05) is 55.3 Å². The molecule has 0 saturated heterocycles. The Kier molecular flexibility index (Phi) is 9.93. The highest BCUT2D eigenvalue weighted by Crippen LogP contribution is 2.60. The van der Waals surface area contributed by atoms with E-state index in [9.17, 15) is 0 Å². The predicted molar refractivity (Wildman–Crippen MR) is 368 cm³/mol. The van der Waals surface area contributed by atoms with Gasteiger partial charge in [0.1, 0.15) is 5.82 Å². The van der Waals surface area contributed by atoms with Crippen LogP contribution in [-0.4, -0.2) is 14.5 Å². The van der Waals surface area contributed by atoms with E-state index in [0.29, 0.717) is 0 Å². The average Bonchev–Trinajstić information content (AvgIpc) is 1.55. The van der Waals surface area contributed by atoms with Gasteiger partial charge in [0.15, 0.2) is 0 Å². The molecule has 15 aromatic carbocycles. The van der Waals surface area contributed by atoms with Gasteiger partial charge >= 0.3 is 0 Å². The van der Waals surface area contributed by atoms with Crippen molar-refractivity contribution in [2.45, 2.75) is 19.3 Å². The molecule has 1 aliphatic carbocycles. The minimum Gasteiger partial charge on any atom is -0.310 e. The molecule has 0 unspecified atom stereocenters. The number of aromatic nitrogens is 3. The average molecular weight is 1110 g/mol. The molecule has 0 amide bonds. The van der Waals surface area contributed by atoms with Crippen LogP contribution in [0.5, 0.6) is 0 Å². The molecule has 18 aromatic rings. The fraction of sp³-hybridized carbons (Fsp3) is 0.0361. The number of anilines is 3. The fourth-order valence-electron chi connectivity index (χ4n) is 15.8. The maximum Gasteiger partial charge on any atom is 0.138 e. The number of pyridine rings is 2. The van der Waals surface area contributed by atoms with Gasteiger partial charge in [-0.2, -0.15) is 0 Å². The van der Waals surface area contributed by atoms with Crippen LogP contribution in [0.1, 0.15) is 25.0 Å². The summed E-state index contributed by atoms with van der Waals surface area (Å²) in [6, 6.07) is 102. The van der Waals surface area contributed by atoms with Crippen molar-refractivity contribution < 1.29 is 0 Å². The minimum absolute atomic E-state index is 0.478. The quantitative estimate of drug-likeness (QED) is 0.156. The molecule has 3 aromatic heterocycles. The topological polar surface area (TPSA) is 34.0 Å². The molecule has 19 rings (SSSR count). The molecule has 4 nitrogen and oxygen atoms in total. The highest BCUT2D eigenvalue weighted by atomic mass is 15.1. The lowest BCUT2D eigenvalue weighted by molar-refractivity contribution is 0.673. The molecule has 0 aliphatic heterocycles. The summed E-state index contributed by atoms with van der Waals surface area (Å²) in [5.74, 6) is 0.850. The molecule has 0 atom stereocenters. The second-order valence-corrected chi connectivity index (χ2v) is 24.3. The van der Waals surface area contributed by atoms with Gasteiger partial charge in [0.25, 0.3) is 0 Å². The van der Waals surface area contributed by atoms with E-state index in [4.69, 9.17) is 9.97 Å². The summed E-state index contributed by atoms with van der Waals surface area (Å²) in [7, 11) is 0. The van der Waals surface area contributed by atoms with Gasteiger partial charge in [-0.1, -0.05) is 232 Å². The molecule has 3 heterocycles. The third-order valence-electron chi connectivity index (χ3n) is 19.4. The summed E-state index contributed by atoms with van der Waals surface area (Å²) < 4.78 is 2.47. The molecule has 0 radical (unpaired) electrons. The Balaban J connectivity index is 0.955. The maximum atomic E-state index is 5.71. The molecule has 4 heteroatoms. The van der Waals surface area contributed by atoms with Crippen molar-refractivity contribution >= 4 is 136 Å². The van der Waals surface area contributed by atoms with Gasteiger partial charge in [-0.25, -0.2) is 4.98 Å². The number of nitrogens with zero attached hydrogens (tertiary/aromatic N) is 4. The molecule has 1 aliphatic rings. The Morgan fingerprint density at radius 2 is 0.931 bits per heavy atom. The van der Waals surface area contributed by atoms with Crippen molar-refractivity contribution in [1.82, 2.24) is 14.5 Å². The molecule has 0 spiro atoms. The van der Waals surface area contributed by atoms with Crippen LogP contribution in [0.25, 0.3) is 158 Å². The number of rotatable bonds is 6. The van der Waals surface area contributed by atoms with Crippen LogP contribution >= 0.6 is 0 Å². The van der Waals surface area contributed by atoms with Crippen molar-refractivity contribution in [3.63, 3.8) is 0 Å². The standard InChI is InChI=1S/C83H52N4/c1-83(2)78-68(42-41-65-62-30-9-8-28-60(62)61-29-10-11-31-63(61)75(65)78)76-64-32-12-13-33-66(64)82-77(79(76)83)69-48-57(40-43-70(69)87(82)72-44-39-53-38-37-52-24-17-45-84-80(52)81(53)85-72)86(71-47-55-23-14-20-50-35-36-51-21-16-34-67(71)74(51)73(50)55)56-25-15-22-54(46-56)59-27-7-6-26-58(59)49-18-4-3-5-19-49/h3-48H,1-2H3. The Morgan fingerprint density at radius 3 is 1.74 bits per heavy atom. The van der Waals surface area contributed by atoms with Gasteiger partial charge in [0.05, 0.1) is 27.8 Å². The normalized spacial score (nSPS) is 13.0. The lowest BCUT2D eigenvalue weighted by Gasteiger charge is -2.29. The summed E-state index contributed by atoms with van der Waals surface area (Å²) >= 11 is 0. The fourth-order valence-corrected chi connectivity index (χ4v) is 15.8. The number of fused-ring (bicyclic) bond motifs is 20. The van der Waals surface area contributed by atoms with Gasteiger partial charge in [-0.15, -0.1) is 0 Å². The minimum atomic E-state index is -0.478. The zero-order valence-corrected chi connectivity index (χ0v) is 47.8. The zero-order chi connectivity index (χ0) is 57.2. The molecule has 404 valence electrons. The Bertz CT molecular complexity index is 5960. The van der Waals surface area contributed by atoms with E-state index in [1.807, 2.05) is 12.3 Å². The van der Waals surface area contributed by atoms with Crippen LogP contribution < -0.4 is 4.90 Å². The highest BCUT2D eigenvalue weighted by Gasteiger charge is 2.42. The van der Waals surface area contributed by atoms with Gasteiger partial charge in [-0.3, -0.25) is 9.55 Å². The third-order valence-corrected chi connectivity index (χ3v) is 19.4. The van der Waals surface area contributed by atoms with Crippen molar-refractivity contribution in [2.24, 2.45) is 0 Å². The van der Waals surface area contributed by atoms with Gasteiger partial charge < -0.3 is 4.90 Å². The molecular weight excluding hydrogens is 1050 g/mol. The van der Waals surface area contributed by atoms with Gasteiger partial charge in [-0.05, 0) is 164 Å². The number of hydrogen-bond donors (Lipinski definition) is 0. The monoisotopic (exact) mass is 1100 g/mol. The number of hydrogen-bond acceptors (Lipinski definition) is 3. The first-order valence-electron chi connectivity index (χ1n) is 30.2. The second-order valence-electron chi connectivity index (χ2n) is 24.3. The van der Waals surface area contributed by atoms with Crippen LogP contribution in [0.2, 0.25) is 0 Å². The predicted octanol–water partition coefficient (Wildman–Crippen LogP) is 22.5. The van der Waals surface area contributed by atoms with E-state index in [-0.39, 0.29) is 0 Å². The van der Waals surface area contributed by atoms with Crippen LogP contribution in [0.3, 0.4) is 0 Å². The van der Waals surface area contributed by atoms with Crippen LogP contribution in [0.4, 0.5) is 17.1 Å². The molecule has 0 fully saturated rings. The molecular formula is C83H52N4. The van der Waals surface area contributed by atoms with Crippen molar-refractivity contribution in [3.05, 3.63) is 290 Å². The molecule has 87 heavy (non-hydrogen) atoms. The smallest absolute Gasteiger partial charge is 0.138 e. The van der Waals surface area contributed by atoms with Crippen LogP contribution in [-0.2, 0) is 5.41 Å². The van der Waals surface area contributed by atoms with Gasteiger partial charge in [0.2, 0.25) is 0 Å². The third kappa shape index (κ3) is 6.72. The van der Waals surface area contributed by atoms with E-state index in [1.54, 1.807) is 0 Å². The van der Waals surface area contributed by atoms with Crippen molar-refractivity contribution in [1.29, 1.82) is 0 Å². The highest BCUT2D eigenvalue weighted by molar-refractivity contribution is 6.32. The largest absolute Gasteiger partial charge is 0.310 e. The first kappa shape index (κ1) is 48.2. The Labute approximate surface area is 501 Å². The Hall–Kier alpha value is -11.2. The molecule has 0 bridgehead atoms. The first-order valence-corrected chi connectivity index (χ1v) is 30.2. The van der Waals surface area contributed by atoms with Crippen LogP contribution in [0.15, 0.2) is 279 Å². The zero-order valence-electron chi connectivity index (χ0n) is 47.8. The molecule has 0 N–H and O–H groups in total. The van der Waals surface area contributed by atoms with E-state index in [2.05, 4.69) is 290 Å². The Morgan fingerprint density at radius 1 is 0.345 bits per heavy atom. The van der Waals surface area contributed by atoms with Crippen molar-refractivity contribution in [3.8, 4) is 39.2 Å². The SMILES string of the molecule is CC1(C)c2c(ccc3c4ccccc4c4ccccc4c23)-c2c1c1c3cc(N(c4cccc(-c5ccccc5-c5ccccc5)c4)c4cc5cccc6ccc7cccc4c7c65)ccc3n(-c3ccc4ccc5cccnc5c4n3)c1c1ccccc21. The lowest BCUT2D eigenvalue weighted by Crippen LogP contribution is -2.16. The van der Waals surface area contributed by atoms with E-state index >= 15 is 0 Å². The van der Waals surface area contributed by atoms with E-state index < -0.39 is 5.41 Å². The second kappa shape index (κ2) is 17.9. The van der Waals surface area contributed by atoms with Crippen LogP contribution in [0, 0.1) is 0 Å².